The van der Waals surface area contributed by atoms with E-state index in [9.17, 15) is 22.8 Å². The maximum absolute atomic E-state index is 13.4. The van der Waals surface area contributed by atoms with Gasteiger partial charge in [-0.25, -0.2) is 0 Å². The first-order chi connectivity index (χ1) is 16.7. The Balaban J connectivity index is 1.22. The van der Waals surface area contributed by atoms with Crippen molar-refractivity contribution in [3.63, 3.8) is 0 Å². The van der Waals surface area contributed by atoms with Gasteiger partial charge in [-0.05, 0) is 61.0 Å². The van der Waals surface area contributed by atoms with Gasteiger partial charge in [-0.2, -0.15) is 13.2 Å². The number of hydrogen-bond donors (Lipinski definition) is 1. The summed E-state index contributed by atoms with van der Waals surface area (Å²) >= 11 is 5.63. The second-order valence-electron chi connectivity index (χ2n) is 9.53. The number of hydrogen-bond acceptors (Lipinski definition) is 4. The first kappa shape index (κ1) is 23.9. The van der Waals surface area contributed by atoms with Crippen LogP contribution in [-0.4, -0.2) is 45.7 Å². The Hall–Kier alpha value is -2.78. The van der Waals surface area contributed by atoms with Crippen molar-refractivity contribution in [3.8, 4) is 0 Å². The van der Waals surface area contributed by atoms with Gasteiger partial charge < -0.3 is 4.90 Å². The van der Waals surface area contributed by atoms with E-state index in [4.69, 9.17) is 12.2 Å². The van der Waals surface area contributed by atoms with Gasteiger partial charge in [-0.15, -0.1) is 0 Å². The summed E-state index contributed by atoms with van der Waals surface area (Å²) in [5.41, 5.74) is 3.00. The summed E-state index contributed by atoms with van der Waals surface area (Å²) in [4.78, 5) is 28.6. The fourth-order valence-electron chi connectivity index (χ4n) is 5.50. The number of imide groups is 1. The molecule has 3 aliphatic heterocycles. The Morgan fingerprint density at radius 2 is 1.77 bits per heavy atom. The van der Waals surface area contributed by atoms with Crippen molar-refractivity contribution in [2.75, 3.05) is 13.1 Å². The summed E-state index contributed by atoms with van der Waals surface area (Å²) in [5.74, 6) is -0.642. The molecule has 2 aromatic carbocycles. The minimum Gasteiger partial charge on any atom is -0.346 e. The van der Waals surface area contributed by atoms with Crippen molar-refractivity contribution in [3.05, 3.63) is 70.3 Å². The number of alkyl halides is 3. The SMILES string of the molecule is O=C1CCC(N2Cc3cc(CN4CCC(c5ccccc5C(F)(F)F)CC4)ccc3C2=S)C(=O)N1. The van der Waals surface area contributed by atoms with Crippen LogP contribution in [0.25, 0.3) is 0 Å². The molecule has 5 rings (SSSR count). The van der Waals surface area contributed by atoms with E-state index in [0.29, 0.717) is 49.3 Å². The van der Waals surface area contributed by atoms with E-state index in [1.165, 1.54) is 12.1 Å². The lowest BCUT2D eigenvalue weighted by atomic mass is 9.86. The highest BCUT2D eigenvalue weighted by Gasteiger charge is 2.38. The van der Waals surface area contributed by atoms with E-state index in [2.05, 4.69) is 16.3 Å². The monoisotopic (exact) mass is 501 g/mol. The van der Waals surface area contributed by atoms with Crippen LogP contribution in [0.1, 0.15) is 59.4 Å². The maximum Gasteiger partial charge on any atom is 0.416 e. The van der Waals surface area contributed by atoms with Gasteiger partial charge in [0.2, 0.25) is 11.8 Å². The molecule has 0 aromatic heterocycles. The number of likely N-dealkylation sites (tertiary alicyclic amines) is 1. The topological polar surface area (TPSA) is 52.7 Å². The highest BCUT2D eigenvalue weighted by molar-refractivity contribution is 7.80. The van der Waals surface area contributed by atoms with Crippen LogP contribution in [0, 0.1) is 0 Å². The molecule has 2 aromatic rings. The van der Waals surface area contributed by atoms with Crippen LogP contribution >= 0.6 is 12.2 Å². The van der Waals surface area contributed by atoms with Crippen LogP contribution in [-0.2, 0) is 28.9 Å². The van der Waals surface area contributed by atoms with Crippen LogP contribution in [0.15, 0.2) is 42.5 Å². The normalized spacial score (nSPS) is 21.9. The fourth-order valence-corrected chi connectivity index (χ4v) is 5.89. The number of fused-ring (bicyclic) bond motifs is 1. The number of halogens is 3. The zero-order chi connectivity index (χ0) is 24.7. The van der Waals surface area contributed by atoms with Gasteiger partial charge in [0.05, 0.1) is 5.56 Å². The lowest BCUT2D eigenvalue weighted by molar-refractivity contribution is -0.139. The number of piperidine rings is 2. The predicted octanol–water partition coefficient (Wildman–Crippen LogP) is 4.38. The van der Waals surface area contributed by atoms with Crippen LogP contribution in [0.4, 0.5) is 13.2 Å². The lowest BCUT2D eigenvalue weighted by Crippen LogP contribution is -2.52. The Labute approximate surface area is 207 Å². The first-order valence-electron chi connectivity index (χ1n) is 11.9. The number of rotatable bonds is 4. The number of amides is 2. The number of nitrogens with zero attached hydrogens (tertiary/aromatic N) is 2. The van der Waals surface area contributed by atoms with Crippen molar-refractivity contribution >= 4 is 29.0 Å². The molecule has 0 spiro atoms. The molecule has 3 heterocycles. The molecule has 0 saturated carbocycles. The summed E-state index contributed by atoms with van der Waals surface area (Å²) in [5, 5.41) is 2.40. The summed E-state index contributed by atoms with van der Waals surface area (Å²) in [7, 11) is 0. The third-order valence-corrected chi connectivity index (χ3v) is 7.74. The zero-order valence-corrected chi connectivity index (χ0v) is 19.9. The van der Waals surface area contributed by atoms with Crippen molar-refractivity contribution in [1.29, 1.82) is 0 Å². The van der Waals surface area contributed by atoms with E-state index < -0.39 is 17.8 Å². The van der Waals surface area contributed by atoms with E-state index in [1.54, 1.807) is 12.1 Å². The summed E-state index contributed by atoms with van der Waals surface area (Å²) in [6.07, 6.45) is -2.20. The molecule has 0 bridgehead atoms. The quantitative estimate of drug-likeness (QED) is 0.498. The van der Waals surface area contributed by atoms with Crippen LogP contribution in [0.5, 0.6) is 0 Å². The molecule has 1 unspecified atom stereocenters. The van der Waals surface area contributed by atoms with Gasteiger partial charge in [0.25, 0.3) is 0 Å². The molecule has 2 fully saturated rings. The van der Waals surface area contributed by atoms with Crippen molar-refractivity contribution in [2.24, 2.45) is 0 Å². The standard InChI is InChI=1S/C26H26F3N3O2S/c27-26(28,29)21-4-2-1-3-19(21)17-9-11-31(12-10-17)14-16-5-6-20-18(13-16)15-32(25(20)35)22-7-8-23(33)30-24(22)34/h1-6,13,17,22H,7-12,14-15H2,(H,30,33,34). The smallest absolute Gasteiger partial charge is 0.346 e. The van der Waals surface area contributed by atoms with Gasteiger partial charge in [0.1, 0.15) is 11.0 Å². The molecule has 9 heteroatoms. The third-order valence-electron chi connectivity index (χ3n) is 7.29. The zero-order valence-electron chi connectivity index (χ0n) is 19.1. The number of carbonyl (C=O) groups excluding carboxylic acids is 2. The second kappa shape index (κ2) is 9.35. The molecule has 1 atom stereocenters. The van der Waals surface area contributed by atoms with Crippen molar-refractivity contribution < 1.29 is 22.8 Å². The molecule has 1 N–H and O–H groups in total. The highest BCUT2D eigenvalue weighted by atomic mass is 32.1. The molecule has 35 heavy (non-hydrogen) atoms. The van der Waals surface area contributed by atoms with E-state index in [0.717, 1.165) is 29.8 Å². The van der Waals surface area contributed by atoms with E-state index >= 15 is 0 Å². The summed E-state index contributed by atoms with van der Waals surface area (Å²) < 4.78 is 40.3. The Morgan fingerprint density at radius 1 is 1.03 bits per heavy atom. The number of thiocarbonyl (C=S) groups is 1. The third kappa shape index (κ3) is 4.84. The maximum atomic E-state index is 13.4. The second-order valence-corrected chi connectivity index (χ2v) is 9.91. The van der Waals surface area contributed by atoms with Crippen LogP contribution in [0.2, 0.25) is 0 Å². The van der Waals surface area contributed by atoms with Crippen molar-refractivity contribution in [2.45, 2.75) is 56.9 Å². The van der Waals surface area contributed by atoms with Gasteiger partial charge in [0, 0.05) is 25.1 Å². The summed E-state index contributed by atoms with van der Waals surface area (Å²) in [6, 6.07) is 11.6. The molecule has 2 amide bonds. The largest absolute Gasteiger partial charge is 0.416 e. The Morgan fingerprint density at radius 3 is 2.49 bits per heavy atom. The highest BCUT2D eigenvalue weighted by Crippen LogP contribution is 2.39. The van der Waals surface area contributed by atoms with E-state index in [-0.39, 0.29) is 17.7 Å². The van der Waals surface area contributed by atoms with E-state index in [1.807, 2.05) is 17.0 Å². The fraction of sp³-hybridized carbons (Fsp3) is 0.423. The van der Waals surface area contributed by atoms with Gasteiger partial charge in [-0.1, -0.05) is 48.6 Å². The van der Waals surface area contributed by atoms with Gasteiger partial charge in [0.15, 0.2) is 0 Å². The van der Waals surface area contributed by atoms with Crippen LogP contribution in [0.3, 0.4) is 0 Å². The van der Waals surface area contributed by atoms with Crippen molar-refractivity contribution in [1.82, 2.24) is 15.1 Å². The molecule has 2 saturated heterocycles. The Kier molecular flexibility index (Phi) is 6.40. The lowest BCUT2D eigenvalue weighted by Gasteiger charge is -2.33. The molecular weight excluding hydrogens is 475 g/mol. The first-order valence-corrected chi connectivity index (χ1v) is 12.3. The van der Waals surface area contributed by atoms with Gasteiger partial charge >= 0.3 is 6.18 Å². The average Bonchev–Trinajstić information content (AvgIpc) is 3.14. The molecule has 3 aliphatic rings. The molecular formula is C26H26F3N3O2S. The predicted molar refractivity (Wildman–Crippen MR) is 129 cm³/mol. The van der Waals surface area contributed by atoms with Gasteiger partial charge in [-0.3, -0.25) is 19.8 Å². The molecule has 0 radical (unpaired) electrons. The number of carbonyl (C=O) groups is 2. The minimum absolute atomic E-state index is 0.0939. The average molecular weight is 502 g/mol. The molecule has 0 aliphatic carbocycles. The molecule has 184 valence electrons. The summed E-state index contributed by atoms with van der Waals surface area (Å²) in [6.45, 7) is 2.71. The Bertz CT molecular complexity index is 1170. The van der Waals surface area contributed by atoms with Crippen LogP contribution < -0.4 is 5.32 Å². The number of benzene rings is 2. The minimum atomic E-state index is -4.33. The molecule has 5 nitrogen and oxygen atoms in total. The number of nitrogens with one attached hydrogen (secondary N) is 1.